The smallest absolute Gasteiger partial charge is 0.269 e. The topological polar surface area (TPSA) is 82.8 Å². The fourth-order valence-electron chi connectivity index (χ4n) is 3.43. The summed E-state index contributed by atoms with van der Waals surface area (Å²) in [6, 6.07) is 15.3. The van der Waals surface area contributed by atoms with Crippen LogP contribution in [0.15, 0.2) is 53.5 Å². The van der Waals surface area contributed by atoms with Gasteiger partial charge in [-0.25, -0.2) is 4.99 Å². The van der Waals surface area contributed by atoms with E-state index in [0.29, 0.717) is 19.0 Å². The molecule has 0 atom stereocenters. The predicted molar refractivity (Wildman–Crippen MR) is 131 cm³/mol. The Bertz CT molecular complexity index is 836. The fourth-order valence-corrected chi connectivity index (χ4v) is 3.43. The van der Waals surface area contributed by atoms with E-state index >= 15 is 0 Å². The molecule has 8 heteroatoms. The van der Waals surface area contributed by atoms with E-state index in [9.17, 15) is 10.1 Å². The summed E-state index contributed by atoms with van der Waals surface area (Å²) in [5.74, 6) is 0.695. The first-order valence-corrected chi connectivity index (χ1v) is 10.2. The Labute approximate surface area is 195 Å². The number of nitrogens with one attached hydrogen (secondary N) is 2. The SMILES string of the molecule is CCNC(=NCc1cccc([N+](=O)[O-])c1)NCc1ccc(CN2CCCC2)cc1.I. The zero-order valence-corrected chi connectivity index (χ0v) is 19.7. The highest BCUT2D eigenvalue weighted by Gasteiger charge is 2.11. The fraction of sp³-hybridized carbons (Fsp3) is 0.409. The number of nitro groups is 1. The summed E-state index contributed by atoms with van der Waals surface area (Å²) in [7, 11) is 0. The molecule has 3 rings (SSSR count). The quantitative estimate of drug-likeness (QED) is 0.179. The van der Waals surface area contributed by atoms with Crippen molar-refractivity contribution >= 4 is 35.6 Å². The molecule has 30 heavy (non-hydrogen) atoms. The molecule has 0 aliphatic carbocycles. The van der Waals surface area contributed by atoms with E-state index in [-0.39, 0.29) is 34.6 Å². The minimum atomic E-state index is -0.385. The zero-order chi connectivity index (χ0) is 20.5. The second-order valence-corrected chi connectivity index (χ2v) is 7.28. The number of halogens is 1. The maximum atomic E-state index is 10.9. The van der Waals surface area contributed by atoms with Gasteiger partial charge in [0.1, 0.15) is 0 Å². The lowest BCUT2D eigenvalue weighted by Crippen LogP contribution is -2.36. The van der Waals surface area contributed by atoms with Crippen molar-refractivity contribution in [3.05, 3.63) is 75.3 Å². The minimum absolute atomic E-state index is 0. The highest BCUT2D eigenvalue weighted by molar-refractivity contribution is 14.0. The molecule has 2 N–H and O–H groups in total. The van der Waals surface area contributed by atoms with E-state index in [1.807, 2.05) is 13.0 Å². The van der Waals surface area contributed by atoms with Crippen molar-refractivity contribution in [2.75, 3.05) is 19.6 Å². The molecule has 2 aromatic rings. The van der Waals surface area contributed by atoms with Gasteiger partial charge in [-0.2, -0.15) is 0 Å². The number of benzene rings is 2. The van der Waals surface area contributed by atoms with Gasteiger partial charge < -0.3 is 10.6 Å². The number of likely N-dealkylation sites (tertiary alicyclic amines) is 1. The maximum absolute atomic E-state index is 10.9. The van der Waals surface area contributed by atoms with Gasteiger partial charge in [-0.1, -0.05) is 36.4 Å². The van der Waals surface area contributed by atoms with Crippen LogP contribution in [0.5, 0.6) is 0 Å². The van der Waals surface area contributed by atoms with Crippen LogP contribution >= 0.6 is 24.0 Å². The molecule has 1 aliphatic rings. The van der Waals surface area contributed by atoms with E-state index in [0.717, 1.165) is 18.7 Å². The summed E-state index contributed by atoms with van der Waals surface area (Å²) in [6.45, 7) is 7.25. The minimum Gasteiger partial charge on any atom is -0.357 e. The molecule has 0 amide bonds. The highest BCUT2D eigenvalue weighted by Crippen LogP contribution is 2.14. The monoisotopic (exact) mass is 523 g/mol. The van der Waals surface area contributed by atoms with Crippen molar-refractivity contribution in [3.8, 4) is 0 Å². The molecular weight excluding hydrogens is 493 g/mol. The van der Waals surface area contributed by atoms with Gasteiger partial charge in [-0.05, 0) is 49.5 Å². The number of non-ortho nitro benzene ring substituents is 1. The number of aliphatic imine (C=N–C) groups is 1. The average molecular weight is 523 g/mol. The molecule has 162 valence electrons. The third-order valence-electron chi connectivity index (χ3n) is 4.97. The summed E-state index contributed by atoms with van der Waals surface area (Å²) < 4.78 is 0. The van der Waals surface area contributed by atoms with Gasteiger partial charge in [0, 0.05) is 31.8 Å². The number of nitrogens with zero attached hydrogens (tertiary/aromatic N) is 3. The molecule has 0 aromatic heterocycles. The van der Waals surface area contributed by atoms with Crippen LogP contribution in [-0.2, 0) is 19.6 Å². The predicted octanol–water partition coefficient (Wildman–Crippen LogP) is 4.06. The van der Waals surface area contributed by atoms with Crippen LogP contribution in [0.1, 0.15) is 36.5 Å². The molecule has 0 unspecified atom stereocenters. The van der Waals surface area contributed by atoms with Crippen LogP contribution in [0.25, 0.3) is 0 Å². The van der Waals surface area contributed by atoms with E-state index in [2.05, 4.69) is 44.8 Å². The first-order chi connectivity index (χ1) is 14.1. The van der Waals surface area contributed by atoms with Crippen molar-refractivity contribution in [1.29, 1.82) is 0 Å². The first-order valence-electron chi connectivity index (χ1n) is 10.2. The molecule has 0 bridgehead atoms. The van der Waals surface area contributed by atoms with Gasteiger partial charge in [0.15, 0.2) is 5.96 Å². The lowest BCUT2D eigenvalue weighted by Gasteiger charge is -2.15. The van der Waals surface area contributed by atoms with Crippen molar-refractivity contribution in [3.63, 3.8) is 0 Å². The van der Waals surface area contributed by atoms with Crippen molar-refractivity contribution in [1.82, 2.24) is 15.5 Å². The van der Waals surface area contributed by atoms with E-state index < -0.39 is 0 Å². The Hall–Kier alpha value is -2.20. The molecule has 1 aliphatic heterocycles. The van der Waals surface area contributed by atoms with Gasteiger partial charge in [0.25, 0.3) is 5.69 Å². The third kappa shape index (κ3) is 7.56. The Morgan fingerprint density at radius 3 is 2.43 bits per heavy atom. The van der Waals surface area contributed by atoms with Gasteiger partial charge in [0.2, 0.25) is 0 Å². The first kappa shape index (κ1) is 24.1. The number of hydrogen-bond donors (Lipinski definition) is 2. The third-order valence-corrected chi connectivity index (χ3v) is 4.97. The molecule has 1 fully saturated rings. The summed E-state index contributed by atoms with van der Waals surface area (Å²) in [4.78, 5) is 17.6. The standard InChI is InChI=1S/C22H29N5O2.HI/c1-2-23-22(25-16-20-6-5-7-21(14-20)27(28)29)24-15-18-8-10-19(11-9-18)17-26-12-3-4-13-26;/h5-11,14H,2-4,12-13,15-17H2,1H3,(H2,23,24,25);1H. The molecule has 0 saturated carbocycles. The van der Waals surface area contributed by atoms with Gasteiger partial charge >= 0.3 is 0 Å². The van der Waals surface area contributed by atoms with Crippen LogP contribution in [0.2, 0.25) is 0 Å². The molecule has 1 heterocycles. The molecule has 0 radical (unpaired) electrons. The normalized spacial score (nSPS) is 14.2. The number of guanidine groups is 1. The van der Waals surface area contributed by atoms with E-state index in [1.165, 1.54) is 43.1 Å². The summed E-state index contributed by atoms with van der Waals surface area (Å²) in [5.41, 5.74) is 3.44. The lowest BCUT2D eigenvalue weighted by molar-refractivity contribution is -0.384. The summed E-state index contributed by atoms with van der Waals surface area (Å²) in [5, 5.41) is 17.5. The Morgan fingerprint density at radius 1 is 1.07 bits per heavy atom. The van der Waals surface area contributed by atoms with Crippen LogP contribution in [0.4, 0.5) is 5.69 Å². The highest BCUT2D eigenvalue weighted by atomic mass is 127. The molecule has 7 nitrogen and oxygen atoms in total. The lowest BCUT2D eigenvalue weighted by atomic mass is 10.1. The Kier molecular flexibility index (Phi) is 10.0. The zero-order valence-electron chi connectivity index (χ0n) is 17.3. The summed E-state index contributed by atoms with van der Waals surface area (Å²) in [6.07, 6.45) is 2.62. The van der Waals surface area contributed by atoms with E-state index in [4.69, 9.17) is 0 Å². The van der Waals surface area contributed by atoms with Crippen LogP contribution in [0, 0.1) is 10.1 Å². The van der Waals surface area contributed by atoms with E-state index in [1.54, 1.807) is 12.1 Å². The second kappa shape index (κ2) is 12.5. The number of hydrogen-bond acceptors (Lipinski definition) is 4. The van der Waals surface area contributed by atoms with Gasteiger partial charge in [-0.15, -0.1) is 24.0 Å². The second-order valence-electron chi connectivity index (χ2n) is 7.28. The molecular formula is C22H30IN5O2. The average Bonchev–Trinajstić information content (AvgIpc) is 3.24. The number of nitro benzene ring substituents is 1. The Morgan fingerprint density at radius 2 is 1.77 bits per heavy atom. The summed E-state index contributed by atoms with van der Waals surface area (Å²) >= 11 is 0. The van der Waals surface area contributed by atoms with Crippen molar-refractivity contribution < 1.29 is 4.92 Å². The van der Waals surface area contributed by atoms with Crippen LogP contribution in [0.3, 0.4) is 0 Å². The maximum Gasteiger partial charge on any atom is 0.269 e. The molecule has 0 spiro atoms. The van der Waals surface area contributed by atoms with Crippen molar-refractivity contribution in [2.24, 2.45) is 4.99 Å². The van der Waals surface area contributed by atoms with Gasteiger partial charge in [-0.3, -0.25) is 15.0 Å². The largest absolute Gasteiger partial charge is 0.357 e. The molecule has 2 aromatic carbocycles. The molecule has 1 saturated heterocycles. The van der Waals surface area contributed by atoms with Crippen LogP contribution in [-0.4, -0.2) is 35.4 Å². The van der Waals surface area contributed by atoms with Gasteiger partial charge in [0.05, 0.1) is 11.5 Å². The van der Waals surface area contributed by atoms with Crippen molar-refractivity contribution in [2.45, 2.75) is 39.4 Å². The van der Waals surface area contributed by atoms with Crippen LogP contribution < -0.4 is 10.6 Å². The Balaban J connectivity index is 0.00000320. The number of rotatable bonds is 8.